The molecule has 2 aromatic heterocycles. The average molecular weight is 404 g/mol. The summed E-state index contributed by atoms with van der Waals surface area (Å²) in [5.74, 6) is 2.14. The van der Waals surface area contributed by atoms with Crippen molar-refractivity contribution in [2.75, 3.05) is 43.6 Å². The third-order valence-electron chi connectivity index (χ3n) is 5.36. The van der Waals surface area contributed by atoms with Crippen LogP contribution in [0, 0.1) is 18.3 Å². The second kappa shape index (κ2) is 8.51. The fourth-order valence-electron chi connectivity index (χ4n) is 3.73. The lowest BCUT2D eigenvalue weighted by Crippen LogP contribution is -2.36. The van der Waals surface area contributed by atoms with Gasteiger partial charge in [0, 0.05) is 35.6 Å². The molecule has 1 atom stereocenters. The molecule has 1 unspecified atom stereocenters. The highest BCUT2D eigenvalue weighted by Gasteiger charge is 2.19. The molecule has 1 aliphatic heterocycles. The normalized spacial score (nSPS) is 14.9. The number of pyridine rings is 1. The van der Waals surface area contributed by atoms with E-state index in [1.54, 1.807) is 13.2 Å². The van der Waals surface area contributed by atoms with Crippen molar-refractivity contribution in [3.05, 3.63) is 47.3 Å². The van der Waals surface area contributed by atoms with Gasteiger partial charge in [-0.2, -0.15) is 10.4 Å². The van der Waals surface area contributed by atoms with Gasteiger partial charge in [0.2, 0.25) is 0 Å². The molecule has 1 N–H and O–H groups in total. The molecular weight excluding hydrogens is 380 g/mol. The predicted octanol–water partition coefficient (Wildman–Crippen LogP) is 3.22. The van der Waals surface area contributed by atoms with E-state index in [-0.39, 0.29) is 6.04 Å². The first-order valence-corrected chi connectivity index (χ1v) is 9.91. The van der Waals surface area contributed by atoms with E-state index in [1.165, 1.54) is 0 Å². The maximum atomic E-state index is 9.38. The van der Waals surface area contributed by atoms with Crippen molar-refractivity contribution in [1.29, 1.82) is 5.26 Å². The van der Waals surface area contributed by atoms with Crippen LogP contribution in [-0.2, 0) is 4.74 Å². The molecular formula is C22H24N6O2. The van der Waals surface area contributed by atoms with E-state index in [9.17, 15) is 5.26 Å². The van der Waals surface area contributed by atoms with Gasteiger partial charge in [-0.3, -0.25) is 0 Å². The number of hydrogen-bond acceptors (Lipinski definition) is 8. The molecule has 0 bridgehead atoms. The molecule has 0 saturated carbocycles. The first-order chi connectivity index (χ1) is 14.6. The number of hydrogen-bond donors (Lipinski definition) is 1. The number of aromatic nitrogens is 3. The van der Waals surface area contributed by atoms with Gasteiger partial charge < -0.3 is 19.7 Å². The fourth-order valence-corrected chi connectivity index (χ4v) is 3.73. The topological polar surface area (TPSA) is 96.2 Å². The van der Waals surface area contributed by atoms with Crippen LogP contribution in [0.5, 0.6) is 5.75 Å². The standard InChI is InChI=1S/C22H24N6O2/c1-14(17-6-4-5-16(12-23)21(17)29-3)25-22-18-11-20(28-7-9-30-10-8-28)24-13-19(18)15(2)26-27-22/h4-6,11,13-14H,7-10H2,1-3H3,(H,25,27). The highest BCUT2D eigenvalue weighted by Crippen LogP contribution is 2.33. The van der Waals surface area contributed by atoms with Crippen LogP contribution in [-0.4, -0.2) is 48.6 Å². The van der Waals surface area contributed by atoms with Crippen molar-refractivity contribution in [1.82, 2.24) is 15.2 Å². The molecule has 1 aliphatic rings. The second-order valence-electron chi connectivity index (χ2n) is 7.23. The van der Waals surface area contributed by atoms with E-state index in [0.29, 0.717) is 30.3 Å². The van der Waals surface area contributed by atoms with Crippen molar-refractivity contribution < 1.29 is 9.47 Å². The maximum absolute atomic E-state index is 9.38. The van der Waals surface area contributed by atoms with Crippen LogP contribution >= 0.6 is 0 Å². The van der Waals surface area contributed by atoms with Crippen LogP contribution in [0.1, 0.15) is 29.8 Å². The minimum Gasteiger partial charge on any atom is -0.495 e. The van der Waals surface area contributed by atoms with Gasteiger partial charge in [-0.25, -0.2) is 4.98 Å². The summed E-state index contributed by atoms with van der Waals surface area (Å²) in [6.45, 7) is 6.96. The molecule has 1 fully saturated rings. The van der Waals surface area contributed by atoms with Gasteiger partial charge in [-0.05, 0) is 26.0 Å². The predicted molar refractivity (Wildman–Crippen MR) is 115 cm³/mol. The van der Waals surface area contributed by atoms with Crippen molar-refractivity contribution in [2.45, 2.75) is 19.9 Å². The number of nitriles is 1. The Bertz CT molecular complexity index is 1100. The first-order valence-electron chi connectivity index (χ1n) is 9.91. The van der Waals surface area contributed by atoms with Gasteiger partial charge in [0.05, 0.1) is 37.6 Å². The van der Waals surface area contributed by atoms with Crippen LogP contribution in [0.15, 0.2) is 30.5 Å². The van der Waals surface area contributed by atoms with Crippen LogP contribution in [0.3, 0.4) is 0 Å². The zero-order valence-corrected chi connectivity index (χ0v) is 17.3. The van der Waals surface area contributed by atoms with Gasteiger partial charge in [-0.15, -0.1) is 5.10 Å². The van der Waals surface area contributed by atoms with Crippen molar-refractivity contribution in [2.24, 2.45) is 0 Å². The number of anilines is 2. The number of rotatable bonds is 5. The zero-order valence-electron chi connectivity index (χ0n) is 17.3. The summed E-state index contributed by atoms with van der Waals surface area (Å²) in [5, 5.41) is 23.5. The van der Waals surface area contributed by atoms with Gasteiger partial charge in [0.15, 0.2) is 5.82 Å². The highest BCUT2D eigenvalue weighted by molar-refractivity contribution is 5.94. The number of aryl methyl sites for hydroxylation is 1. The molecule has 0 spiro atoms. The molecule has 3 aromatic rings. The van der Waals surface area contributed by atoms with Crippen molar-refractivity contribution in [3.63, 3.8) is 0 Å². The molecule has 3 heterocycles. The molecule has 154 valence electrons. The smallest absolute Gasteiger partial charge is 0.157 e. The summed E-state index contributed by atoms with van der Waals surface area (Å²) >= 11 is 0. The third-order valence-corrected chi connectivity index (χ3v) is 5.36. The number of ether oxygens (including phenoxy) is 2. The molecule has 0 amide bonds. The Morgan fingerprint density at radius 1 is 1.23 bits per heavy atom. The fraction of sp³-hybridized carbons (Fsp3) is 0.364. The van der Waals surface area contributed by atoms with E-state index in [1.807, 2.05) is 32.2 Å². The molecule has 8 heteroatoms. The number of fused-ring (bicyclic) bond motifs is 1. The summed E-state index contributed by atoms with van der Waals surface area (Å²) in [4.78, 5) is 6.85. The number of para-hydroxylation sites is 1. The molecule has 30 heavy (non-hydrogen) atoms. The van der Waals surface area contributed by atoms with Crippen LogP contribution < -0.4 is 15.0 Å². The average Bonchev–Trinajstić information content (AvgIpc) is 2.80. The molecule has 1 saturated heterocycles. The van der Waals surface area contributed by atoms with Crippen LogP contribution in [0.4, 0.5) is 11.6 Å². The maximum Gasteiger partial charge on any atom is 0.157 e. The number of nitrogens with one attached hydrogen (secondary N) is 1. The minimum atomic E-state index is -0.145. The van der Waals surface area contributed by atoms with E-state index >= 15 is 0 Å². The Morgan fingerprint density at radius 3 is 2.77 bits per heavy atom. The monoisotopic (exact) mass is 404 g/mol. The Balaban J connectivity index is 1.72. The molecule has 0 aliphatic carbocycles. The Hall–Kier alpha value is -3.44. The van der Waals surface area contributed by atoms with Crippen molar-refractivity contribution in [3.8, 4) is 11.8 Å². The summed E-state index contributed by atoms with van der Waals surface area (Å²) < 4.78 is 11.0. The Morgan fingerprint density at radius 2 is 2.03 bits per heavy atom. The highest BCUT2D eigenvalue weighted by atomic mass is 16.5. The summed E-state index contributed by atoms with van der Waals surface area (Å²) in [6, 6.07) is 9.64. The lowest BCUT2D eigenvalue weighted by Gasteiger charge is -2.28. The number of benzene rings is 1. The number of morpholine rings is 1. The van der Waals surface area contributed by atoms with E-state index in [4.69, 9.17) is 9.47 Å². The minimum absolute atomic E-state index is 0.145. The van der Waals surface area contributed by atoms with E-state index in [2.05, 4.69) is 37.5 Å². The lowest BCUT2D eigenvalue weighted by molar-refractivity contribution is 0.122. The second-order valence-corrected chi connectivity index (χ2v) is 7.23. The van der Waals surface area contributed by atoms with Crippen molar-refractivity contribution >= 4 is 22.4 Å². The summed E-state index contributed by atoms with van der Waals surface area (Å²) in [7, 11) is 1.58. The third kappa shape index (κ3) is 3.72. The first kappa shape index (κ1) is 19.9. The van der Waals surface area contributed by atoms with Gasteiger partial charge >= 0.3 is 0 Å². The Kier molecular flexibility index (Phi) is 5.63. The summed E-state index contributed by atoms with van der Waals surface area (Å²) in [6.07, 6.45) is 1.86. The summed E-state index contributed by atoms with van der Waals surface area (Å²) in [5.41, 5.74) is 2.21. The largest absolute Gasteiger partial charge is 0.495 e. The van der Waals surface area contributed by atoms with Gasteiger partial charge in [0.25, 0.3) is 0 Å². The SMILES string of the molecule is COc1c(C#N)cccc1C(C)Nc1nnc(C)c2cnc(N3CCOCC3)cc12. The quantitative estimate of drug-likeness (QED) is 0.692. The number of nitrogens with zero attached hydrogens (tertiary/aromatic N) is 5. The van der Waals surface area contributed by atoms with Gasteiger partial charge in [-0.1, -0.05) is 12.1 Å². The van der Waals surface area contributed by atoms with Gasteiger partial charge in [0.1, 0.15) is 17.6 Å². The number of methoxy groups -OCH3 is 1. The molecule has 0 radical (unpaired) electrons. The zero-order chi connectivity index (χ0) is 21.1. The lowest BCUT2D eigenvalue weighted by atomic mass is 10.0. The van der Waals surface area contributed by atoms with Crippen LogP contribution in [0.25, 0.3) is 10.8 Å². The molecule has 4 rings (SSSR count). The molecule has 8 nitrogen and oxygen atoms in total. The Labute approximate surface area is 175 Å². The molecule has 1 aromatic carbocycles. The van der Waals surface area contributed by atoms with E-state index in [0.717, 1.165) is 40.9 Å². The van der Waals surface area contributed by atoms with Crippen LogP contribution in [0.2, 0.25) is 0 Å². The van der Waals surface area contributed by atoms with E-state index < -0.39 is 0 Å².